The Bertz CT molecular complexity index is 892. The number of nitrogens with one attached hydrogen (secondary N) is 1. The summed E-state index contributed by atoms with van der Waals surface area (Å²) in [5.41, 5.74) is 1.90. The fourth-order valence-corrected chi connectivity index (χ4v) is 2.79. The molecule has 0 bridgehead atoms. The van der Waals surface area contributed by atoms with Crippen LogP contribution in [0.25, 0.3) is 0 Å². The minimum Gasteiger partial charge on any atom is -0.318 e. The summed E-state index contributed by atoms with van der Waals surface area (Å²) in [7, 11) is -3.81. The van der Waals surface area contributed by atoms with Crippen LogP contribution in [-0.2, 0) is 19.6 Å². The number of aryl methyl sites for hydroxylation is 1. The van der Waals surface area contributed by atoms with E-state index in [0.717, 1.165) is 5.56 Å². The van der Waals surface area contributed by atoms with Crippen molar-refractivity contribution in [2.45, 2.75) is 18.7 Å². The second-order valence-electron chi connectivity index (χ2n) is 5.41. The molecular weight excluding hydrogens is 342 g/mol. The lowest BCUT2D eigenvalue weighted by Gasteiger charge is -2.20. The van der Waals surface area contributed by atoms with E-state index in [1.165, 1.54) is 29.2 Å². The van der Waals surface area contributed by atoms with Gasteiger partial charge in [0, 0.05) is 17.9 Å². The van der Waals surface area contributed by atoms with Crippen molar-refractivity contribution in [2.24, 2.45) is 5.14 Å². The van der Waals surface area contributed by atoms with E-state index in [9.17, 15) is 18.0 Å². The molecule has 0 aliphatic carbocycles. The first-order valence-electron chi connectivity index (χ1n) is 7.54. The lowest BCUT2D eigenvalue weighted by molar-refractivity contribution is -0.134. The number of rotatable bonds is 4. The van der Waals surface area contributed by atoms with Crippen LogP contribution in [-0.4, -0.2) is 26.8 Å². The number of hydrogen-bond donors (Lipinski definition) is 2. The smallest absolute Gasteiger partial charge is 0.316 e. The van der Waals surface area contributed by atoms with Gasteiger partial charge in [0.25, 0.3) is 0 Å². The SMILES string of the molecule is CCN(C(=O)C(=O)Nc1ccc(S(N)(=O)=O)cc1)c1cccc(C)c1. The van der Waals surface area contributed by atoms with E-state index in [2.05, 4.69) is 5.32 Å². The Morgan fingerprint density at radius 1 is 1.12 bits per heavy atom. The molecule has 8 heteroatoms. The largest absolute Gasteiger partial charge is 0.318 e. The van der Waals surface area contributed by atoms with Gasteiger partial charge in [-0.1, -0.05) is 12.1 Å². The zero-order valence-electron chi connectivity index (χ0n) is 13.9. The maximum Gasteiger partial charge on any atom is 0.316 e. The molecule has 0 saturated heterocycles. The first-order valence-corrected chi connectivity index (χ1v) is 9.09. The van der Waals surface area contributed by atoms with Crippen molar-refractivity contribution in [1.82, 2.24) is 0 Å². The molecule has 2 aromatic rings. The van der Waals surface area contributed by atoms with Crippen molar-refractivity contribution >= 4 is 33.2 Å². The van der Waals surface area contributed by atoms with Gasteiger partial charge >= 0.3 is 11.8 Å². The highest BCUT2D eigenvalue weighted by Gasteiger charge is 2.22. The zero-order chi connectivity index (χ0) is 18.6. The van der Waals surface area contributed by atoms with E-state index >= 15 is 0 Å². The molecule has 132 valence electrons. The summed E-state index contributed by atoms with van der Waals surface area (Å²) < 4.78 is 22.4. The number of nitrogens with zero attached hydrogens (tertiary/aromatic N) is 1. The normalized spacial score (nSPS) is 11.0. The molecule has 0 atom stereocenters. The molecule has 25 heavy (non-hydrogen) atoms. The molecule has 0 heterocycles. The molecule has 7 nitrogen and oxygen atoms in total. The number of benzene rings is 2. The van der Waals surface area contributed by atoms with Crippen molar-refractivity contribution in [3.63, 3.8) is 0 Å². The van der Waals surface area contributed by atoms with Crippen LogP contribution in [0.1, 0.15) is 12.5 Å². The number of amides is 2. The Hall–Kier alpha value is -2.71. The Morgan fingerprint density at radius 3 is 2.28 bits per heavy atom. The number of hydrogen-bond acceptors (Lipinski definition) is 4. The Labute approximate surface area is 146 Å². The van der Waals surface area contributed by atoms with Gasteiger partial charge in [-0.25, -0.2) is 13.6 Å². The van der Waals surface area contributed by atoms with E-state index in [1.807, 2.05) is 25.1 Å². The number of primary sulfonamides is 1. The van der Waals surface area contributed by atoms with Crippen LogP contribution in [0.4, 0.5) is 11.4 Å². The molecule has 2 aromatic carbocycles. The topological polar surface area (TPSA) is 110 Å². The highest BCUT2D eigenvalue weighted by Crippen LogP contribution is 2.17. The van der Waals surface area contributed by atoms with Crippen LogP contribution >= 0.6 is 0 Å². The second kappa shape index (κ2) is 7.45. The van der Waals surface area contributed by atoms with E-state index in [1.54, 1.807) is 13.0 Å². The summed E-state index contributed by atoms with van der Waals surface area (Å²) in [5, 5.41) is 7.47. The molecule has 0 unspecified atom stereocenters. The summed E-state index contributed by atoms with van der Waals surface area (Å²) in [6.45, 7) is 4.00. The van der Waals surface area contributed by atoms with Gasteiger partial charge in [0.15, 0.2) is 0 Å². The average Bonchev–Trinajstić information content (AvgIpc) is 2.55. The highest BCUT2D eigenvalue weighted by molar-refractivity contribution is 7.89. The van der Waals surface area contributed by atoms with Crippen LogP contribution < -0.4 is 15.4 Å². The predicted octanol–water partition coefficient (Wildman–Crippen LogP) is 1.63. The molecular formula is C17H19N3O4S. The summed E-state index contributed by atoms with van der Waals surface area (Å²) >= 11 is 0. The maximum absolute atomic E-state index is 12.4. The number of carbonyl (C=O) groups is 2. The third-order valence-electron chi connectivity index (χ3n) is 3.51. The fourth-order valence-electron chi connectivity index (χ4n) is 2.27. The van der Waals surface area contributed by atoms with Gasteiger partial charge in [-0.3, -0.25) is 9.59 Å². The van der Waals surface area contributed by atoms with Gasteiger partial charge in [0.05, 0.1) is 4.90 Å². The van der Waals surface area contributed by atoms with Crippen LogP contribution in [0.2, 0.25) is 0 Å². The monoisotopic (exact) mass is 361 g/mol. The molecule has 2 rings (SSSR count). The lowest BCUT2D eigenvalue weighted by Crippen LogP contribution is -2.39. The first kappa shape index (κ1) is 18.6. The molecule has 0 spiro atoms. The molecule has 0 radical (unpaired) electrons. The van der Waals surface area contributed by atoms with E-state index < -0.39 is 21.8 Å². The van der Waals surface area contributed by atoms with Crippen molar-refractivity contribution in [1.29, 1.82) is 0 Å². The van der Waals surface area contributed by atoms with Gasteiger partial charge in [-0.05, 0) is 55.8 Å². The third kappa shape index (κ3) is 4.65. The summed E-state index contributed by atoms with van der Waals surface area (Å²) in [6, 6.07) is 12.5. The molecule has 2 amide bonds. The molecule has 0 fully saturated rings. The van der Waals surface area contributed by atoms with Gasteiger partial charge in [-0.2, -0.15) is 0 Å². The molecule has 0 aromatic heterocycles. The van der Waals surface area contributed by atoms with E-state index in [-0.39, 0.29) is 4.90 Å². The summed E-state index contributed by atoms with van der Waals surface area (Å²) in [6.07, 6.45) is 0. The number of likely N-dealkylation sites (N-methyl/N-ethyl adjacent to an activating group) is 1. The molecule has 3 N–H and O–H groups in total. The van der Waals surface area contributed by atoms with Crippen LogP contribution in [0.15, 0.2) is 53.4 Å². The molecule has 0 saturated carbocycles. The Morgan fingerprint density at radius 2 is 1.76 bits per heavy atom. The maximum atomic E-state index is 12.4. The fraction of sp³-hybridized carbons (Fsp3) is 0.176. The average molecular weight is 361 g/mol. The number of nitrogens with two attached hydrogens (primary N) is 1. The third-order valence-corrected chi connectivity index (χ3v) is 4.44. The van der Waals surface area contributed by atoms with Gasteiger partial charge in [-0.15, -0.1) is 0 Å². The van der Waals surface area contributed by atoms with E-state index in [0.29, 0.717) is 17.9 Å². The quantitative estimate of drug-likeness (QED) is 0.807. The number of sulfonamides is 1. The van der Waals surface area contributed by atoms with Crippen LogP contribution in [0.3, 0.4) is 0 Å². The zero-order valence-corrected chi connectivity index (χ0v) is 14.7. The Balaban J connectivity index is 2.15. The van der Waals surface area contributed by atoms with Crippen molar-refractivity contribution < 1.29 is 18.0 Å². The van der Waals surface area contributed by atoms with Gasteiger partial charge in [0.2, 0.25) is 10.0 Å². The molecule has 0 aliphatic rings. The van der Waals surface area contributed by atoms with Gasteiger partial charge in [0.1, 0.15) is 0 Å². The standard InChI is InChI=1S/C17H19N3O4S/c1-3-20(14-6-4-5-12(2)11-14)17(22)16(21)19-13-7-9-15(10-8-13)25(18,23)24/h4-11H,3H2,1-2H3,(H,19,21)(H2,18,23,24). The molecule has 0 aliphatic heterocycles. The first-order chi connectivity index (χ1) is 11.7. The predicted molar refractivity (Wildman–Crippen MR) is 95.7 cm³/mol. The minimum atomic E-state index is -3.81. The van der Waals surface area contributed by atoms with Gasteiger partial charge < -0.3 is 10.2 Å². The van der Waals surface area contributed by atoms with Crippen LogP contribution in [0, 0.1) is 6.92 Å². The highest BCUT2D eigenvalue weighted by atomic mass is 32.2. The minimum absolute atomic E-state index is 0.0771. The van der Waals surface area contributed by atoms with Crippen molar-refractivity contribution in [3.8, 4) is 0 Å². The number of carbonyl (C=O) groups excluding carboxylic acids is 2. The second-order valence-corrected chi connectivity index (χ2v) is 6.97. The summed E-state index contributed by atoms with van der Waals surface area (Å²) in [5.74, 6) is -1.52. The van der Waals surface area contributed by atoms with Crippen molar-refractivity contribution in [2.75, 3.05) is 16.8 Å². The Kier molecular flexibility index (Phi) is 5.55. The number of anilines is 2. The summed E-state index contributed by atoms with van der Waals surface area (Å²) in [4.78, 5) is 25.9. The van der Waals surface area contributed by atoms with E-state index in [4.69, 9.17) is 5.14 Å². The van der Waals surface area contributed by atoms with Crippen LogP contribution in [0.5, 0.6) is 0 Å². The van der Waals surface area contributed by atoms with Crippen molar-refractivity contribution in [3.05, 3.63) is 54.1 Å². The lowest BCUT2D eigenvalue weighted by atomic mass is 10.2.